The number of nitrogens with one attached hydrogen (secondary N) is 1. The van der Waals surface area contributed by atoms with Crippen molar-refractivity contribution in [3.05, 3.63) is 23.0 Å². The minimum absolute atomic E-state index is 0.566. The van der Waals surface area contributed by atoms with Gasteiger partial charge in [0.2, 0.25) is 0 Å². The number of hydrogen-bond acceptors (Lipinski definition) is 3. The maximum absolute atomic E-state index is 5.01. The molecule has 2 heterocycles. The van der Waals surface area contributed by atoms with Crippen LogP contribution in [0.15, 0.2) is 6.08 Å². The van der Waals surface area contributed by atoms with Crippen molar-refractivity contribution in [2.24, 2.45) is 0 Å². The summed E-state index contributed by atoms with van der Waals surface area (Å²) in [6.07, 6.45) is 12.4. The SMILES string of the molecule is CCc1nn(C2CCCC2)c2c1C=CC(N1CCNCC1)C2. The summed E-state index contributed by atoms with van der Waals surface area (Å²) in [4.78, 5) is 2.63. The quantitative estimate of drug-likeness (QED) is 0.930. The summed E-state index contributed by atoms with van der Waals surface area (Å²) in [5.74, 6) is 0. The molecule has 0 bridgehead atoms. The van der Waals surface area contributed by atoms with Gasteiger partial charge in [-0.3, -0.25) is 9.58 Å². The first-order chi connectivity index (χ1) is 10.9. The summed E-state index contributed by atoms with van der Waals surface area (Å²) in [5.41, 5.74) is 4.24. The maximum atomic E-state index is 5.01. The first-order valence-corrected chi connectivity index (χ1v) is 9.10. The van der Waals surface area contributed by atoms with Gasteiger partial charge in [0.1, 0.15) is 0 Å². The molecule has 4 rings (SSSR count). The van der Waals surface area contributed by atoms with Crippen molar-refractivity contribution in [1.29, 1.82) is 0 Å². The molecule has 1 atom stereocenters. The Kier molecular flexibility index (Phi) is 4.05. The van der Waals surface area contributed by atoms with Gasteiger partial charge in [0.15, 0.2) is 0 Å². The smallest absolute Gasteiger partial charge is 0.0697 e. The number of nitrogens with zero attached hydrogens (tertiary/aromatic N) is 3. The van der Waals surface area contributed by atoms with Gasteiger partial charge in [0.05, 0.1) is 11.7 Å². The number of aryl methyl sites for hydroxylation is 1. The third-order valence-corrected chi connectivity index (χ3v) is 5.64. The number of rotatable bonds is 3. The molecule has 22 heavy (non-hydrogen) atoms. The van der Waals surface area contributed by atoms with E-state index in [-0.39, 0.29) is 0 Å². The Hall–Kier alpha value is -1.13. The summed E-state index contributed by atoms with van der Waals surface area (Å²) < 4.78 is 2.42. The van der Waals surface area contributed by atoms with Gasteiger partial charge in [-0.2, -0.15) is 5.10 Å². The maximum Gasteiger partial charge on any atom is 0.0697 e. The van der Waals surface area contributed by atoms with E-state index in [4.69, 9.17) is 5.10 Å². The fourth-order valence-electron chi connectivity index (χ4n) is 4.38. The van der Waals surface area contributed by atoms with Gasteiger partial charge in [-0.1, -0.05) is 31.9 Å². The highest BCUT2D eigenvalue weighted by molar-refractivity contribution is 5.58. The first kappa shape index (κ1) is 14.5. The Morgan fingerprint density at radius 3 is 2.73 bits per heavy atom. The molecule has 1 unspecified atom stereocenters. The Morgan fingerprint density at radius 2 is 2.00 bits per heavy atom. The summed E-state index contributed by atoms with van der Waals surface area (Å²) in [6, 6.07) is 1.22. The zero-order valence-corrected chi connectivity index (χ0v) is 13.7. The van der Waals surface area contributed by atoms with Gasteiger partial charge >= 0.3 is 0 Å². The van der Waals surface area contributed by atoms with E-state index >= 15 is 0 Å². The monoisotopic (exact) mass is 300 g/mol. The Labute approximate surface area is 133 Å². The van der Waals surface area contributed by atoms with Crippen molar-refractivity contribution in [3.63, 3.8) is 0 Å². The molecule has 0 amide bonds. The zero-order chi connectivity index (χ0) is 14.9. The Morgan fingerprint density at radius 1 is 1.23 bits per heavy atom. The highest BCUT2D eigenvalue weighted by Crippen LogP contribution is 2.34. The summed E-state index contributed by atoms with van der Waals surface area (Å²) in [5, 5.41) is 8.47. The van der Waals surface area contributed by atoms with Crippen LogP contribution in [-0.2, 0) is 12.8 Å². The number of piperazine rings is 1. The van der Waals surface area contributed by atoms with Crippen molar-refractivity contribution in [2.75, 3.05) is 26.2 Å². The van der Waals surface area contributed by atoms with Crippen LogP contribution in [0.2, 0.25) is 0 Å². The third kappa shape index (κ3) is 2.52. The molecule has 0 spiro atoms. The minimum Gasteiger partial charge on any atom is -0.314 e. The standard InChI is InChI=1S/C18H28N4/c1-2-17-16-8-7-15(21-11-9-19-10-12-21)13-18(16)22(20-17)14-5-3-4-6-14/h7-8,14-15,19H,2-6,9-13H2,1H3. The van der Waals surface area contributed by atoms with Gasteiger partial charge in [0.25, 0.3) is 0 Å². The van der Waals surface area contributed by atoms with E-state index in [0.717, 1.165) is 25.9 Å². The molecule has 1 aromatic rings. The minimum atomic E-state index is 0.566. The van der Waals surface area contributed by atoms with Crippen molar-refractivity contribution in [3.8, 4) is 0 Å². The predicted molar refractivity (Wildman–Crippen MR) is 90.1 cm³/mol. The fourth-order valence-corrected chi connectivity index (χ4v) is 4.38. The molecule has 2 aliphatic carbocycles. The molecular weight excluding hydrogens is 272 g/mol. The molecule has 1 saturated heterocycles. The summed E-state index contributed by atoms with van der Waals surface area (Å²) >= 11 is 0. The van der Waals surface area contributed by atoms with Crippen LogP contribution < -0.4 is 5.32 Å². The molecule has 0 radical (unpaired) electrons. The van der Waals surface area contributed by atoms with E-state index in [1.807, 2.05) is 0 Å². The van der Waals surface area contributed by atoms with Crippen molar-refractivity contribution < 1.29 is 0 Å². The van der Waals surface area contributed by atoms with Gasteiger partial charge in [-0.05, 0) is 19.3 Å². The number of fused-ring (bicyclic) bond motifs is 1. The Bertz CT molecular complexity index is 548. The van der Waals surface area contributed by atoms with Crippen LogP contribution in [0.5, 0.6) is 0 Å². The van der Waals surface area contributed by atoms with E-state index < -0.39 is 0 Å². The zero-order valence-electron chi connectivity index (χ0n) is 13.7. The lowest BCUT2D eigenvalue weighted by Gasteiger charge is -2.35. The summed E-state index contributed by atoms with van der Waals surface area (Å²) in [7, 11) is 0. The lowest BCUT2D eigenvalue weighted by Crippen LogP contribution is -2.49. The second kappa shape index (κ2) is 6.17. The van der Waals surface area contributed by atoms with E-state index in [2.05, 4.69) is 34.0 Å². The molecule has 120 valence electrons. The molecule has 1 aromatic heterocycles. The Balaban J connectivity index is 1.62. The largest absolute Gasteiger partial charge is 0.314 e. The molecule has 2 fully saturated rings. The third-order valence-electron chi connectivity index (χ3n) is 5.64. The molecule has 3 aliphatic rings. The van der Waals surface area contributed by atoms with E-state index in [1.54, 1.807) is 0 Å². The molecule has 4 nitrogen and oxygen atoms in total. The average Bonchev–Trinajstić information content (AvgIpc) is 3.22. The van der Waals surface area contributed by atoms with Gasteiger partial charge in [-0.15, -0.1) is 0 Å². The molecular formula is C18H28N4. The molecule has 4 heteroatoms. The second-order valence-corrected chi connectivity index (χ2v) is 6.96. The van der Waals surface area contributed by atoms with Crippen molar-refractivity contribution >= 4 is 6.08 Å². The van der Waals surface area contributed by atoms with Crippen molar-refractivity contribution in [2.45, 2.75) is 57.5 Å². The first-order valence-electron chi connectivity index (χ1n) is 9.10. The lowest BCUT2D eigenvalue weighted by atomic mass is 9.96. The van der Waals surface area contributed by atoms with Crippen LogP contribution in [0.3, 0.4) is 0 Å². The molecule has 0 aromatic carbocycles. The predicted octanol–water partition coefficient (Wildman–Crippen LogP) is 2.40. The van der Waals surface area contributed by atoms with Gasteiger partial charge in [0, 0.05) is 49.9 Å². The van der Waals surface area contributed by atoms with Crippen LogP contribution in [0, 0.1) is 0 Å². The van der Waals surface area contributed by atoms with Crippen LogP contribution in [0.25, 0.3) is 6.08 Å². The van der Waals surface area contributed by atoms with E-state index in [9.17, 15) is 0 Å². The van der Waals surface area contributed by atoms with E-state index in [0.29, 0.717) is 12.1 Å². The highest BCUT2D eigenvalue weighted by atomic mass is 15.3. The van der Waals surface area contributed by atoms with Crippen LogP contribution in [0.4, 0.5) is 0 Å². The van der Waals surface area contributed by atoms with Crippen LogP contribution in [0.1, 0.15) is 55.6 Å². The fraction of sp³-hybridized carbons (Fsp3) is 0.722. The topological polar surface area (TPSA) is 33.1 Å². The van der Waals surface area contributed by atoms with Crippen LogP contribution >= 0.6 is 0 Å². The summed E-state index contributed by atoms with van der Waals surface area (Å²) in [6.45, 7) is 6.82. The molecule has 1 N–H and O–H groups in total. The number of hydrogen-bond donors (Lipinski definition) is 1. The van der Waals surface area contributed by atoms with Gasteiger partial charge in [-0.25, -0.2) is 0 Å². The average molecular weight is 300 g/mol. The highest BCUT2D eigenvalue weighted by Gasteiger charge is 2.29. The molecule has 1 saturated carbocycles. The van der Waals surface area contributed by atoms with Crippen molar-refractivity contribution in [1.82, 2.24) is 20.0 Å². The second-order valence-electron chi connectivity index (χ2n) is 6.96. The van der Waals surface area contributed by atoms with Gasteiger partial charge < -0.3 is 5.32 Å². The van der Waals surface area contributed by atoms with Crippen LogP contribution in [-0.4, -0.2) is 46.9 Å². The molecule has 1 aliphatic heterocycles. The number of aromatic nitrogens is 2. The van der Waals surface area contributed by atoms with E-state index in [1.165, 1.54) is 55.7 Å². The lowest BCUT2D eigenvalue weighted by molar-refractivity contribution is 0.198. The normalized spacial score (nSPS) is 26.5.